The molecule has 8 bridgehead atoms. The first-order valence-corrected chi connectivity index (χ1v) is 13.6. The molecule has 0 fully saturated rings. The maximum absolute atomic E-state index is 3.75. The molecule has 9 rings (SSSR count). The average molecular weight is 537 g/mol. The minimum atomic E-state index is 0. The Morgan fingerprint density at radius 1 is 0.268 bits per heavy atom. The number of hydrogen-bond donors (Lipinski definition) is 4. The van der Waals surface area contributed by atoms with E-state index in [-0.39, 0.29) is 23.1 Å². The Balaban J connectivity index is 0.00000256. The van der Waals surface area contributed by atoms with E-state index in [9.17, 15) is 0 Å². The largest absolute Gasteiger partial charge is 0.354 e. The SMILES string of the molecule is C1=c2[nH]c(c3ccccc23)=Cc2[nH]c(c3ccccc23)C=c2[nH]c(c3ccccc23)=Cc2[nH]c1c1ccccc21.[Mg]. The third-order valence-electron chi connectivity index (χ3n) is 8.26. The molecule has 4 N–H and O–H groups in total. The zero-order chi connectivity index (χ0) is 26.2. The van der Waals surface area contributed by atoms with E-state index in [2.05, 4.69) is 141 Å². The molecule has 0 saturated heterocycles. The van der Waals surface area contributed by atoms with Crippen LogP contribution in [0.2, 0.25) is 0 Å². The molecule has 5 heterocycles. The maximum Gasteiger partial charge on any atom is 0.0485 e. The molecule has 4 aromatic carbocycles. The lowest BCUT2D eigenvalue weighted by Gasteiger charge is -1.92. The van der Waals surface area contributed by atoms with Crippen LogP contribution in [-0.4, -0.2) is 43.0 Å². The summed E-state index contributed by atoms with van der Waals surface area (Å²) < 4.78 is 0. The van der Waals surface area contributed by atoms with E-state index in [1.165, 1.54) is 43.1 Å². The van der Waals surface area contributed by atoms with Gasteiger partial charge in [-0.1, -0.05) is 97.1 Å². The van der Waals surface area contributed by atoms with Gasteiger partial charge in [0.1, 0.15) is 0 Å². The van der Waals surface area contributed by atoms with Crippen LogP contribution < -0.4 is 21.4 Å². The molecule has 8 aromatic rings. The van der Waals surface area contributed by atoms with Gasteiger partial charge in [-0.15, -0.1) is 0 Å². The summed E-state index contributed by atoms with van der Waals surface area (Å²) >= 11 is 0. The van der Waals surface area contributed by atoms with Gasteiger partial charge in [0.05, 0.1) is 0 Å². The highest BCUT2D eigenvalue weighted by Crippen LogP contribution is 2.26. The number of nitrogens with one attached hydrogen (secondary N) is 4. The molecule has 1 aliphatic heterocycles. The van der Waals surface area contributed by atoms with Crippen LogP contribution >= 0.6 is 0 Å². The zero-order valence-electron chi connectivity index (χ0n) is 22.3. The van der Waals surface area contributed by atoms with Crippen LogP contribution in [0.15, 0.2) is 97.1 Å². The molecule has 0 saturated carbocycles. The molecule has 0 atom stereocenters. The number of H-pyrrole nitrogens is 4. The zero-order valence-corrected chi connectivity index (χ0v) is 23.7. The number of fused-ring (bicyclic) bond motifs is 20. The van der Waals surface area contributed by atoms with Gasteiger partial charge in [0.25, 0.3) is 0 Å². The Morgan fingerprint density at radius 3 is 0.732 bits per heavy atom. The fourth-order valence-electron chi connectivity index (χ4n) is 6.42. The molecular weight excluding hydrogens is 513 g/mol. The van der Waals surface area contributed by atoms with Gasteiger partial charge in [0.15, 0.2) is 0 Å². The van der Waals surface area contributed by atoms with Crippen molar-refractivity contribution in [1.29, 1.82) is 0 Å². The summed E-state index contributed by atoms with van der Waals surface area (Å²) in [6.07, 6.45) is 8.98. The molecular formula is C36H24MgN4. The van der Waals surface area contributed by atoms with Crippen LogP contribution in [0.3, 0.4) is 0 Å². The Kier molecular flexibility index (Phi) is 5.39. The average Bonchev–Trinajstić information content (AvgIpc) is 3.73. The number of aromatic nitrogens is 4. The Hall–Kier alpha value is -4.71. The Bertz CT molecular complexity index is 2210. The third kappa shape index (κ3) is 3.66. The molecule has 1 aliphatic rings. The van der Waals surface area contributed by atoms with Crippen molar-refractivity contribution in [2.75, 3.05) is 0 Å². The van der Waals surface area contributed by atoms with Crippen molar-refractivity contribution in [3.05, 3.63) is 141 Å². The Labute approximate surface area is 250 Å². The standard InChI is InChI=1S/C36H24N4.Mg/c1-2-10-22-21(9-1)29-17-31-23-11-3-4-12-24(23)33(38-31)19-35-27-15-7-8-16-28(27)36(40-35)20-34-26-14-6-5-13-25(26)32(39-34)18-30(22)37-29;/h1-20,37-40H;. The van der Waals surface area contributed by atoms with E-state index >= 15 is 0 Å². The van der Waals surface area contributed by atoms with E-state index in [4.69, 9.17) is 0 Å². The van der Waals surface area contributed by atoms with Gasteiger partial charge in [-0.3, -0.25) is 0 Å². The summed E-state index contributed by atoms with van der Waals surface area (Å²) in [5.74, 6) is 0. The minimum Gasteiger partial charge on any atom is -0.354 e. The van der Waals surface area contributed by atoms with Crippen LogP contribution in [0, 0.1) is 0 Å². The summed E-state index contributed by atoms with van der Waals surface area (Å²) in [6.45, 7) is 0. The molecule has 0 spiro atoms. The molecule has 0 aliphatic carbocycles. The summed E-state index contributed by atoms with van der Waals surface area (Å²) in [6, 6.07) is 34.4. The highest BCUT2D eigenvalue weighted by molar-refractivity contribution is 6.00. The molecule has 5 heteroatoms. The van der Waals surface area contributed by atoms with Crippen LogP contribution in [0.5, 0.6) is 0 Å². The molecule has 4 aromatic heterocycles. The van der Waals surface area contributed by atoms with Crippen LogP contribution in [-0.2, 0) is 0 Å². The van der Waals surface area contributed by atoms with Crippen LogP contribution in [0.1, 0.15) is 22.8 Å². The van der Waals surface area contributed by atoms with Crippen molar-refractivity contribution < 1.29 is 0 Å². The van der Waals surface area contributed by atoms with Crippen molar-refractivity contribution in [2.45, 2.75) is 0 Å². The molecule has 4 nitrogen and oxygen atoms in total. The quantitative estimate of drug-likeness (QED) is 0.200. The fourth-order valence-corrected chi connectivity index (χ4v) is 6.42. The minimum absolute atomic E-state index is 0. The fraction of sp³-hybridized carbons (Fsp3) is 0. The van der Waals surface area contributed by atoms with Gasteiger partial charge >= 0.3 is 0 Å². The summed E-state index contributed by atoms with van der Waals surface area (Å²) in [5, 5.41) is 13.9. The van der Waals surface area contributed by atoms with Crippen molar-refractivity contribution >= 4 is 90.4 Å². The summed E-state index contributed by atoms with van der Waals surface area (Å²) in [4.78, 5) is 15.0. The van der Waals surface area contributed by atoms with E-state index in [0.717, 1.165) is 44.2 Å². The first kappa shape index (κ1) is 24.1. The first-order chi connectivity index (χ1) is 19.8. The molecule has 0 unspecified atom stereocenters. The highest BCUT2D eigenvalue weighted by Gasteiger charge is 2.12. The van der Waals surface area contributed by atoms with Gasteiger partial charge in [0, 0.05) is 110 Å². The van der Waals surface area contributed by atoms with Crippen LogP contribution in [0.25, 0.3) is 67.4 Å². The Morgan fingerprint density at radius 2 is 0.488 bits per heavy atom. The molecule has 2 radical (unpaired) electrons. The number of aromatic amines is 4. The number of hydrogen-bond acceptors (Lipinski definition) is 0. The topological polar surface area (TPSA) is 63.2 Å². The van der Waals surface area contributed by atoms with Crippen molar-refractivity contribution in [3.8, 4) is 0 Å². The van der Waals surface area contributed by atoms with Gasteiger partial charge < -0.3 is 19.9 Å². The highest BCUT2D eigenvalue weighted by atomic mass is 24.3. The monoisotopic (exact) mass is 536 g/mol. The first-order valence-electron chi connectivity index (χ1n) is 13.6. The molecule has 0 amide bonds. The second-order valence-corrected chi connectivity index (χ2v) is 10.6. The predicted molar refractivity (Wildman–Crippen MR) is 172 cm³/mol. The van der Waals surface area contributed by atoms with Crippen molar-refractivity contribution in [2.24, 2.45) is 0 Å². The molecule has 190 valence electrons. The normalized spacial score (nSPS) is 12.5. The van der Waals surface area contributed by atoms with Crippen LogP contribution in [0.4, 0.5) is 0 Å². The number of benzene rings is 4. The maximum atomic E-state index is 3.75. The van der Waals surface area contributed by atoms with E-state index in [1.807, 2.05) is 0 Å². The van der Waals surface area contributed by atoms with Crippen molar-refractivity contribution in [3.63, 3.8) is 0 Å². The second-order valence-electron chi connectivity index (χ2n) is 10.6. The summed E-state index contributed by atoms with van der Waals surface area (Å²) in [7, 11) is 0. The lowest BCUT2D eigenvalue weighted by molar-refractivity contribution is 1.25. The second kappa shape index (κ2) is 9.16. The summed E-state index contributed by atoms with van der Waals surface area (Å²) in [5.41, 5.74) is 4.34. The smallest absolute Gasteiger partial charge is 0.0485 e. The molecule has 41 heavy (non-hydrogen) atoms. The number of rotatable bonds is 0. The van der Waals surface area contributed by atoms with E-state index in [1.54, 1.807) is 0 Å². The van der Waals surface area contributed by atoms with E-state index in [0.29, 0.717) is 0 Å². The van der Waals surface area contributed by atoms with Gasteiger partial charge in [0.2, 0.25) is 0 Å². The lowest BCUT2D eigenvalue weighted by Crippen LogP contribution is -2.11. The van der Waals surface area contributed by atoms with Crippen molar-refractivity contribution in [1.82, 2.24) is 19.9 Å². The van der Waals surface area contributed by atoms with Gasteiger partial charge in [-0.05, 0) is 24.3 Å². The van der Waals surface area contributed by atoms with Gasteiger partial charge in [-0.25, -0.2) is 0 Å². The lowest BCUT2D eigenvalue weighted by atomic mass is 10.1. The third-order valence-corrected chi connectivity index (χ3v) is 8.26. The van der Waals surface area contributed by atoms with E-state index < -0.39 is 0 Å². The van der Waals surface area contributed by atoms with Gasteiger partial charge in [-0.2, -0.15) is 0 Å². The predicted octanol–water partition coefficient (Wildman–Crippen LogP) is 4.86.